The van der Waals surface area contributed by atoms with E-state index < -0.39 is 5.91 Å². The van der Waals surface area contributed by atoms with E-state index in [1.807, 2.05) is 12.1 Å². The van der Waals surface area contributed by atoms with Gasteiger partial charge in [0.2, 0.25) is 0 Å². The van der Waals surface area contributed by atoms with E-state index >= 15 is 0 Å². The van der Waals surface area contributed by atoms with Crippen LogP contribution >= 0.6 is 0 Å². The van der Waals surface area contributed by atoms with E-state index in [2.05, 4.69) is 40.5 Å². The summed E-state index contributed by atoms with van der Waals surface area (Å²) in [6.07, 6.45) is 4.81. The highest BCUT2D eigenvalue weighted by atomic mass is 16.5. The minimum atomic E-state index is -0.464. The van der Waals surface area contributed by atoms with Crippen LogP contribution in [0.25, 0.3) is 0 Å². The molecule has 1 heterocycles. The van der Waals surface area contributed by atoms with Gasteiger partial charge >= 0.3 is 0 Å². The van der Waals surface area contributed by atoms with Crippen molar-refractivity contribution in [2.75, 3.05) is 26.2 Å². The van der Waals surface area contributed by atoms with Gasteiger partial charge in [-0.1, -0.05) is 42.5 Å². The van der Waals surface area contributed by atoms with Gasteiger partial charge in [0, 0.05) is 24.1 Å². The summed E-state index contributed by atoms with van der Waals surface area (Å²) in [4.78, 5) is 13.9. The van der Waals surface area contributed by atoms with Crippen molar-refractivity contribution < 1.29 is 10.0 Å². The number of hydroxylamine groups is 1. The quantitative estimate of drug-likeness (QED) is 0.476. The molecule has 154 valence electrons. The van der Waals surface area contributed by atoms with Gasteiger partial charge in [-0.15, -0.1) is 0 Å². The molecule has 2 aromatic carbocycles. The van der Waals surface area contributed by atoms with Crippen molar-refractivity contribution in [3.63, 3.8) is 0 Å². The molecule has 0 unspecified atom stereocenters. The number of benzene rings is 2. The average Bonchev–Trinajstić information content (AvgIpc) is 3.57. The SMILES string of the molecule is O=C(NO)c1ccc(CCN2CCC(CN[C@H]3C[C@@H]3c3ccccc3)CC2)cc1. The zero-order valence-electron chi connectivity index (χ0n) is 16.9. The highest BCUT2D eigenvalue weighted by Gasteiger charge is 2.38. The first-order chi connectivity index (χ1) is 14.2. The van der Waals surface area contributed by atoms with E-state index in [1.165, 1.54) is 43.5 Å². The maximum atomic E-state index is 11.4. The molecular weight excluding hydrogens is 362 g/mol. The van der Waals surface area contributed by atoms with Gasteiger partial charge < -0.3 is 10.2 Å². The molecule has 2 atom stereocenters. The monoisotopic (exact) mass is 393 g/mol. The number of nitrogens with zero attached hydrogens (tertiary/aromatic N) is 1. The summed E-state index contributed by atoms with van der Waals surface area (Å²) in [6.45, 7) is 4.55. The fourth-order valence-electron chi connectivity index (χ4n) is 4.40. The number of carbonyl (C=O) groups is 1. The van der Waals surface area contributed by atoms with E-state index in [-0.39, 0.29) is 0 Å². The topological polar surface area (TPSA) is 64.6 Å². The van der Waals surface area contributed by atoms with E-state index in [4.69, 9.17) is 5.21 Å². The molecule has 2 aromatic rings. The molecule has 2 fully saturated rings. The summed E-state index contributed by atoms with van der Waals surface area (Å²) >= 11 is 0. The third-order valence-electron chi connectivity index (χ3n) is 6.43. The molecule has 2 aliphatic rings. The summed E-state index contributed by atoms with van der Waals surface area (Å²) in [7, 11) is 0. The number of nitrogens with one attached hydrogen (secondary N) is 2. The highest BCUT2D eigenvalue weighted by molar-refractivity contribution is 5.93. The van der Waals surface area contributed by atoms with Gasteiger partial charge in [0.15, 0.2) is 0 Å². The van der Waals surface area contributed by atoms with E-state index in [1.54, 1.807) is 17.6 Å². The molecule has 1 aliphatic carbocycles. The predicted molar refractivity (Wildman–Crippen MR) is 114 cm³/mol. The highest BCUT2D eigenvalue weighted by Crippen LogP contribution is 2.40. The number of hydrogen-bond acceptors (Lipinski definition) is 4. The molecule has 5 heteroatoms. The van der Waals surface area contributed by atoms with E-state index in [9.17, 15) is 4.79 Å². The molecule has 0 spiro atoms. The molecule has 0 aromatic heterocycles. The number of likely N-dealkylation sites (tertiary alicyclic amines) is 1. The Kier molecular flexibility index (Phi) is 6.60. The van der Waals surface area contributed by atoms with Crippen molar-refractivity contribution in [3.8, 4) is 0 Å². The molecular formula is C24H31N3O2. The van der Waals surface area contributed by atoms with Crippen molar-refractivity contribution in [3.05, 3.63) is 71.3 Å². The van der Waals surface area contributed by atoms with E-state index in [0.717, 1.165) is 25.4 Å². The van der Waals surface area contributed by atoms with Crippen molar-refractivity contribution in [1.82, 2.24) is 15.7 Å². The lowest BCUT2D eigenvalue weighted by atomic mass is 9.96. The molecule has 1 saturated carbocycles. The maximum Gasteiger partial charge on any atom is 0.274 e. The minimum Gasteiger partial charge on any atom is -0.313 e. The van der Waals surface area contributed by atoms with Crippen LogP contribution in [0.1, 0.15) is 46.7 Å². The molecule has 5 nitrogen and oxygen atoms in total. The lowest BCUT2D eigenvalue weighted by Crippen LogP contribution is -2.38. The molecule has 1 amide bonds. The first kappa shape index (κ1) is 20.1. The van der Waals surface area contributed by atoms with Gasteiger partial charge in [-0.3, -0.25) is 10.0 Å². The maximum absolute atomic E-state index is 11.4. The fraction of sp³-hybridized carbons (Fsp3) is 0.458. The summed E-state index contributed by atoms with van der Waals surface area (Å²) in [5.74, 6) is 1.04. The third kappa shape index (κ3) is 5.44. The number of hydrogen-bond donors (Lipinski definition) is 3. The number of rotatable bonds is 8. The standard InChI is InChI=1S/C24H31N3O2/c28-24(26-29)21-8-6-18(7-9-21)10-13-27-14-11-19(12-15-27)17-25-23-16-22(23)20-4-2-1-3-5-20/h1-9,19,22-23,25,29H,10-17H2,(H,26,28)/t22-,23+/m1/s1. The van der Waals surface area contributed by atoms with Crippen LogP contribution in [0.3, 0.4) is 0 Å². The van der Waals surface area contributed by atoms with Crippen molar-refractivity contribution in [2.24, 2.45) is 5.92 Å². The molecule has 0 radical (unpaired) electrons. The van der Waals surface area contributed by atoms with Gasteiger partial charge in [0.05, 0.1) is 0 Å². The van der Waals surface area contributed by atoms with Crippen LogP contribution in [-0.4, -0.2) is 48.2 Å². The molecule has 1 aliphatic heterocycles. The molecule has 0 bridgehead atoms. The van der Waals surface area contributed by atoms with Gasteiger partial charge in [-0.2, -0.15) is 0 Å². The Bertz CT molecular complexity index is 786. The second-order valence-corrected chi connectivity index (χ2v) is 8.44. The van der Waals surface area contributed by atoms with Crippen LogP contribution in [0.15, 0.2) is 54.6 Å². The Morgan fingerprint density at radius 2 is 1.76 bits per heavy atom. The Labute approximate surface area is 173 Å². The van der Waals surface area contributed by atoms with Crippen LogP contribution < -0.4 is 10.8 Å². The number of piperidine rings is 1. The van der Waals surface area contributed by atoms with Gasteiger partial charge in [-0.25, -0.2) is 5.48 Å². The van der Waals surface area contributed by atoms with Gasteiger partial charge in [0.25, 0.3) is 5.91 Å². The van der Waals surface area contributed by atoms with Crippen LogP contribution in [0.5, 0.6) is 0 Å². The summed E-state index contributed by atoms with van der Waals surface area (Å²) < 4.78 is 0. The number of carbonyl (C=O) groups excluding carboxylic acids is 1. The van der Waals surface area contributed by atoms with Crippen LogP contribution in [0, 0.1) is 5.92 Å². The molecule has 29 heavy (non-hydrogen) atoms. The lowest BCUT2D eigenvalue weighted by Gasteiger charge is -2.32. The summed E-state index contributed by atoms with van der Waals surface area (Å²) in [5, 5.41) is 12.5. The average molecular weight is 394 g/mol. The van der Waals surface area contributed by atoms with E-state index in [0.29, 0.717) is 17.5 Å². The summed E-state index contributed by atoms with van der Waals surface area (Å²) in [5.41, 5.74) is 4.85. The second-order valence-electron chi connectivity index (χ2n) is 8.44. The fourth-order valence-corrected chi connectivity index (χ4v) is 4.40. The van der Waals surface area contributed by atoms with Gasteiger partial charge in [-0.05, 0) is 74.5 Å². The molecule has 3 N–H and O–H groups in total. The van der Waals surface area contributed by atoms with Crippen LogP contribution in [-0.2, 0) is 6.42 Å². The van der Waals surface area contributed by atoms with Crippen molar-refractivity contribution in [2.45, 2.75) is 37.6 Å². The Balaban J connectivity index is 1.13. The predicted octanol–water partition coefficient (Wildman–Crippen LogP) is 3.21. The molecule has 4 rings (SSSR count). The third-order valence-corrected chi connectivity index (χ3v) is 6.43. The Hall–Kier alpha value is -2.21. The van der Waals surface area contributed by atoms with Crippen molar-refractivity contribution in [1.29, 1.82) is 0 Å². The lowest BCUT2D eigenvalue weighted by molar-refractivity contribution is 0.0706. The zero-order chi connectivity index (χ0) is 20.1. The van der Waals surface area contributed by atoms with Crippen LogP contribution in [0.4, 0.5) is 0 Å². The minimum absolute atomic E-state index is 0.464. The largest absolute Gasteiger partial charge is 0.313 e. The zero-order valence-corrected chi connectivity index (χ0v) is 16.9. The first-order valence-corrected chi connectivity index (χ1v) is 10.8. The van der Waals surface area contributed by atoms with Gasteiger partial charge in [0.1, 0.15) is 0 Å². The second kappa shape index (κ2) is 9.53. The van der Waals surface area contributed by atoms with Crippen molar-refractivity contribution >= 4 is 5.91 Å². The molecule has 1 saturated heterocycles. The normalized spacial score (nSPS) is 22.4. The Morgan fingerprint density at radius 3 is 2.45 bits per heavy atom. The number of amides is 1. The smallest absolute Gasteiger partial charge is 0.274 e. The summed E-state index contributed by atoms with van der Waals surface area (Å²) in [6, 6.07) is 19.0. The van der Waals surface area contributed by atoms with Crippen LogP contribution in [0.2, 0.25) is 0 Å². The Morgan fingerprint density at radius 1 is 1.03 bits per heavy atom. The first-order valence-electron chi connectivity index (χ1n) is 10.8.